The molecule has 0 saturated carbocycles. The van der Waals surface area contributed by atoms with Crippen LogP contribution in [0.4, 0.5) is 19.4 Å². The number of rotatable bonds is 7. The molecular formula is C42H51F2N5O6Si. The summed E-state index contributed by atoms with van der Waals surface area (Å²) in [6, 6.07) is 5.36. The molecule has 7 rings (SSSR count). The molecule has 3 aliphatic rings. The molecule has 2 aromatic carbocycles. The second kappa shape index (κ2) is 14.6. The summed E-state index contributed by atoms with van der Waals surface area (Å²) < 4.78 is 56.8. The number of pyridine rings is 1. The molecule has 3 atom stereocenters. The minimum Gasteiger partial charge on any atom is -0.475 e. The van der Waals surface area contributed by atoms with E-state index >= 15 is 8.78 Å². The summed E-state index contributed by atoms with van der Waals surface area (Å²) in [7, 11) is -0.837. The van der Waals surface area contributed by atoms with Crippen LogP contribution in [0.1, 0.15) is 80.7 Å². The maximum atomic E-state index is 17.3. The molecular weight excluding hydrogens is 737 g/mol. The number of amides is 1. The Kier molecular flexibility index (Phi) is 10.3. The van der Waals surface area contributed by atoms with Gasteiger partial charge < -0.3 is 28.8 Å². The SMILES string of the molecule is COCOc1cc(-c2nc3c4c(nc(=O)[nH]c4c2F)N2CC4CCC(C2CO3)N4C(=O)OC(C)(C)C)c2c(C#C[Si](C(C)C)(C(C)C)C(C)C)c(F)ccc2c1. The van der Waals surface area contributed by atoms with Gasteiger partial charge in [0.2, 0.25) is 5.88 Å². The number of nitrogens with zero attached hydrogens (tertiary/aromatic N) is 4. The van der Waals surface area contributed by atoms with Gasteiger partial charge in [0.15, 0.2) is 12.6 Å². The van der Waals surface area contributed by atoms with Crippen LogP contribution < -0.4 is 20.1 Å². The molecule has 5 heterocycles. The number of fused-ring (bicyclic) bond motifs is 6. The van der Waals surface area contributed by atoms with Crippen molar-refractivity contribution in [1.29, 1.82) is 0 Å². The Morgan fingerprint density at radius 3 is 2.41 bits per heavy atom. The summed E-state index contributed by atoms with van der Waals surface area (Å²) in [6.45, 7) is 18.9. The number of hydrogen-bond acceptors (Lipinski definition) is 9. The predicted molar refractivity (Wildman–Crippen MR) is 215 cm³/mol. The molecule has 2 bridgehead atoms. The number of hydrogen-bond donors (Lipinski definition) is 1. The number of nitrogens with one attached hydrogen (secondary N) is 1. The number of ether oxygens (including phenoxy) is 4. The number of aromatic amines is 1. The standard InChI is InChI=1S/C42H51F2N5O6Si/c1-22(2)56(23(3)4,24(5)6)16-15-28-30(43)13-11-25-17-27(54-21-52-10)18-29(33(25)28)36-35(44)37-34-38(47-40(50)46-37)48-19-26-12-14-31(32(48)20-53-39(34)45-36)49(26)41(51)55-42(7,8)9/h11,13,17-18,22-24,26,31-32H,12,14,19-21H2,1-10H3,(H,46,47,50). The highest BCUT2D eigenvalue weighted by molar-refractivity contribution is 6.90. The zero-order valence-corrected chi connectivity index (χ0v) is 34.8. The molecule has 1 N–H and O–H groups in total. The molecule has 298 valence electrons. The van der Waals surface area contributed by atoms with E-state index < -0.39 is 43.1 Å². The van der Waals surface area contributed by atoms with E-state index in [4.69, 9.17) is 23.9 Å². The van der Waals surface area contributed by atoms with Gasteiger partial charge in [-0.1, -0.05) is 53.5 Å². The molecule has 56 heavy (non-hydrogen) atoms. The van der Waals surface area contributed by atoms with Crippen LogP contribution in [0.2, 0.25) is 16.6 Å². The zero-order valence-electron chi connectivity index (χ0n) is 33.8. The van der Waals surface area contributed by atoms with E-state index in [1.54, 1.807) is 23.1 Å². The molecule has 2 fully saturated rings. The smallest absolute Gasteiger partial charge is 0.410 e. The van der Waals surface area contributed by atoms with Gasteiger partial charge >= 0.3 is 11.8 Å². The molecule has 14 heteroatoms. The van der Waals surface area contributed by atoms with Gasteiger partial charge in [-0.25, -0.2) is 23.4 Å². The minimum atomic E-state index is -2.33. The van der Waals surface area contributed by atoms with E-state index in [2.05, 4.69) is 63.0 Å². The van der Waals surface area contributed by atoms with Crippen LogP contribution in [0.15, 0.2) is 29.1 Å². The quantitative estimate of drug-likeness (QED) is 0.112. The topological polar surface area (TPSA) is 119 Å². The number of methoxy groups -OCH3 is 1. The van der Waals surface area contributed by atoms with Crippen LogP contribution in [0.5, 0.6) is 11.6 Å². The van der Waals surface area contributed by atoms with Crippen LogP contribution in [0, 0.1) is 23.1 Å². The molecule has 2 saturated heterocycles. The summed E-state index contributed by atoms with van der Waals surface area (Å²) in [6.07, 6.45) is 1.01. The number of aromatic nitrogens is 3. The predicted octanol–water partition coefficient (Wildman–Crippen LogP) is 8.32. The van der Waals surface area contributed by atoms with Crippen LogP contribution in [0.3, 0.4) is 0 Å². The lowest BCUT2D eigenvalue weighted by atomic mass is 9.95. The van der Waals surface area contributed by atoms with E-state index in [0.29, 0.717) is 46.1 Å². The van der Waals surface area contributed by atoms with Crippen molar-refractivity contribution in [2.75, 3.05) is 32.0 Å². The van der Waals surface area contributed by atoms with Crippen molar-refractivity contribution in [3.63, 3.8) is 0 Å². The highest BCUT2D eigenvalue weighted by Gasteiger charge is 2.52. The molecule has 0 radical (unpaired) electrons. The van der Waals surface area contributed by atoms with E-state index in [1.807, 2.05) is 25.7 Å². The Labute approximate surface area is 327 Å². The number of H-pyrrole nitrogens is 1. The first-order valence-corrected chi connectivity index (χ1v) is 21.7. The summed E-state index contributed by atoms with van der Waals surface area (Å²) in [5.41, 5.74) is 3.08. The molecule has 0 aliphatic carbocycles. The Morgan fingerprint density at radius 1 is 1.04 bits per heavy atom. The van der Waals surface area contributed by atoms with Gasteiger partial charge in [-0.05, 0) is 73.8 Å². The van der Waals surface area contributed by atoms with Crippen molar-refractivity contribution in [2.45, 2.75) is 116 Å². The van der Waals surface area contributed by atoms with E-state index in [0.717, 1.165) is 6.42 Å². The summed E-state index contributed by atoms with van der Waals surface area (Å²) >= 11 is 0. The Bertz CT molecular complexity index is 2310. The molecule has 11 nitrogen and oxygen atoms in total. The minimum absolute atomic E-state index is 0.0514. The van der Waals surface area contributed by atoms with Gasteiger partial charge in [-0.15, -0.1) is 5.54 Å². The Hall–Kier alpha value is -4.74. The largest absolute Gasteiger partial charge is 0.475 e. The monoisotopic (exact) mass is 787 g/mol. The first-order valence-electron chi connectivity index (χ1n) is 19.4. The second-order valence-electron chi connectivity index (χ2n) is 17.1. The fourth-order valence-electron chi connectivity index (χ4n) is 9.43. The molecule has 1 amide bonds. The Morgan fingerprint density at radius 2 is 1.75 bits per heavy atom. The van der Waals surface area contributed by atoms with Crippen LogP contribution in [0.25, 0.3) is 32.9 Å². The van der Waals surface area contributed by atoms with Crippen molar-refractivity contribution < 1.29 is 32.5 Å². The van der Waals surface area contributed by atoms with Gasteiger partial charge in [0, 0.05) is 24.6 Å². The van der Waals surface area contributed by atoms with Crippen LogP contribution in [-0.2, 0) is 9.47 Å². The molecule has 2 aromatic heterocycles. The van der Waals surface area contributed by atoms with E-state index in [-0.39, 0.29) is 64.9 Å². The number of anilines is 1. The average molecular weight is 788 g/mol. The fourth-order valence-corrected chi connectivity index (χ4v) is 14.6. The third kappa shape index (κ3) is 6.66. The Balaban J connectivity index is 1.44. The number of carbonyl (C=O) groups is 1. The van der Waals surface area contributed by atoms with Gasteiger partial charge in [0.1, 0.15) is 48.7 Å². The van der Waals surface area contributed by atoms with Crippen molar-refractivity contribution in [1.82, 2.24) is 19.9 Å². The van der Waals surface area contributed by atoms with Crippen molar-refractivity contribution in [3.05, 3.63) is 51.9 Å². The first kappa shape index (κ1) is 39.5. The number of benzene rings is 2. The lowest BCUT2D eigenvalue weighted by molar-refractivity contribution is 0.00539. The fraction of sp³-hybridized carbons (Fsp3) is 0.524. The number of halogens is 2. The maximum absolute atomic E-state index is 17.3. The molecule has 0 spiro atoms. The summed E-state index contributed by atoms with van der Waals surface area (Å²) in [5.74, 6) is 2.52. The third-order valence-corrected chi connectivity index (χ3v) is 18.0. The van der Waals surface area contributed by atoms with Crippen LogP contribution in [-0.4, -0.2) is 84.8 Å². The van der Waals surface area contributed by atoms with Gasteiger partial charge in [-0.2, -0.15) is 4.98 Å². The third-order valence-electron chi connectivity index (χ3n) is 11.7. The lowest BCUT2D eigenvalue weighted by Crippen LogP contribution is -2.63. The van der Waals surface area contributed by atoms with E-state index in [1.165, 1.54) is 13.2 Å². The van der Waals surface area contributed by atoms with E-state index in [9.17, 15) is 9.59 Å². The molecule has 4 aromatic rings. The normalized spacial score (nSPS) is 19.3. The summed E-state index contributed by atoms with van der Waals surface area (Å²) in [4.78, 5) is 42.3. The number of piperazine rings is 1. The first-order chi connectivity index (χ1) is 26.5. The highest BCUT2D eigenvalue weighted by atomic mass is 28.3. The van der Waals surface area contributed by atoms with Crippen molar-refractivity contribution >= 4 is 41.7 Å². The molecule has 3 unspecified atom stereocenters. The second-order valence-corrected chi connectivity index (χ2v) is 22.7. The zero-order chi connectivity index (χ0) is 40.4. The van der Waals surface area contributed by atoms with Gasteiger partial charge in [0.05, 0.1) is 29.2 Å². The molecule has 3 aliphatic heterocycles. The van der Waals surface area contributed by atoms with Gasteiger partial charge in [-0.3, -0.25) is 4.90 Å². The van der Waals surface area contributed by atoms with Crippen LogP contribution >= 0.6 is 0 Å². The van der Waals surface area contributed by atoms with Crippen molar-refractivity contribution in [2.24, 2.45) is 0 Å². The average Bonchev–Trinajstić information content (AvgIpc) is 3.36. The van der Waals surface area contributed by atoms with Gasteiger partial charge in [0.25, 0.3) is 0 Å². The number of carbonyl (C=O) groups excluding carboxylic acids is 1. The highest BCUT2D eigenvalue weighted by Crippen LogP contribution is 2.46. The van der Waals surface area contributed by atoms with Crippen molar-refractivity contribution in [3.8, 4) is 34.4 Å². The summed E-state index contributed by atoms with van der Waals surface area (Å²) in [5, 5.41) is 1.12. The maximum Gasteiger partial charge on any atom is 0.410 e. The lowest BCUT2D eigenvalue weighted by Gasteiger charge is -2.46.